The third-order valence-corrected chi connectivity index (χ3v) is 10.2. The van der Waals surface area contributed by atoms with Crippen molar-refractivity contribution in [1.29, 1.82) is 0 Å². The van der Waals surface area contributed by atoms with E-state index < -0.39 is 34.4 Å². The molecule has 0 N–H and O–H groups in total. The summed E-state index contributed by atoms with van der Waals surface area (Å²) in [5, 5.41) is 0.327. The standard InChI is InChI=1S/C35H33Cl2N3O8S/c1-46-31-15-13-26(21-32(31)47-2)49(44,45)40(30-14-12-25(36)20-28(30)34(42)27-10-6-7-11-29(27)37)22-33(41)38-16-18-39(19-17-38)35(43)48-23-24-8-4-3-5-9-24/h3-15,20-21H,16-19,22-23H2,1-2H3. The Balaban J connectivity index is 1.44. The Kier molecular flexibility index (Phi) is 11.3. The number of carbonyl (C=O) groups excluding carboxylic acids is 3. The Bertz CT molecular complexity index is 1950. The van der Waals surface area contributed by atoms with Gasteiger partial charge >= 0.3 is 6.09 Å². The summed E-state index contributed by atoms with van der Waals surface area (Å²) in [6.07, 6.45) is -0.516. The van der Waals surface area contributed by atoms with Gasteiger partial charge in [-0.25, -0.2) is 13.2 Å². The molecule has 1 saturated heterocycles. The van der Waals surface area contributed by atoms with Gasteiger partial charge in [0.2, 0.25) is 5.91 Å². The largest absolute Gasteiger partial charge is 0.493 e. The molecule has 0 radical (unpaired) electrons. The normalized spacial score (nSPS) is 13.1. The molecule has 4 aromatic rings. The molecule has 256 valence electrons. The first-order chi connectivity index (χ1) is 23.5. The number of hydrogen-bond acceptors (Lipinski definition) is 8. The average Bonchev–Trinajstić information content (AvgIpc) is 3.12. The van der Waals surface area contributed by atoms with Crippen molar-refractivity contribution in [1.82, 2.24) is 9.80 Å². The molecule has 11 nitrogen and oxygen atoms in total. The third kappa shape index (κ3) is 8.10. The first-order valence-corrected chi connectivity index (χ1v) is 17.3. The molecule has 49 heavy (non-hydrogen) atoms. The molecule has 5 rings (SSSR count). The molecule has 4 aromatic carbocycles. The van der Waals surface area contributed by atoms with Crippen LogP contribution in [-0.2, 0) is 26.2 Å². The lowest BCUT2D eigenvalue weighted by Gasteiger charge is -2.35. The molecule has 1 fully saturated rings. The van der Waals surface area contributed by atoms with Crippen molar-refractivity contribution in [2.24, 2.45) is 0 Å². The van der Waals surface area contributed by atoms with E-state index in [0.717, 1.165) is 9.87 Å². The molecule has 0 atom stereocenters. The van der Waals surface area contributed by atoms with E-state index in [9.17, 15) is 22.8 Å². The van der Waals surface area contributed by atoms with Crippen molar-refractivity contribution < 1.29 is 37.0 Å². The Morgan fingerprint density at radius 2 is 1.41 bits per heavy atom. The summed E-state index contributed by atoms with van der Waals surface area (Å²) < 4.78 is 45.8. The highest BCUT2D eigenvalue weighted by molar-refractivity contribution is 7.92. The molecule has 0 aromatic heterocycles. The van der Waals surface area contributed by atoms with Gasteiger partial charge in [-0.2, -0.15) is 0 Å². The van der Waals surface area contributed by atoms with Crippen molar-refractivity contribution in [3.8, 4) is 11.5 Å². The molecule has 0 saturated carbocycles. The number of amides is 2. The Morgan fingerprint density at radius 3 is 2.08 bits per heavy atom. The van der Waals surface area contributed by atoms with Crippen molar-refractivity contribution >= 4 is 56.7 Å². The number of sulfonamides is 1. The van der Waals surface area contributed by atoms with Crippen molar-refractivity contribution in [3.63, 3.8) is 0 Å². The van der Waals surface area contributed by atoms with Gasteiger partial charge in [0.05, 0.1) is 29.8 Å². The number of rotatable bonds is 11. The molecule has 1 aliphatic rings. The molecule has 14 heteroatoms. The first kappa shape index (κ1) is 35.5. The van der Waals surface area contributed by atoms with Crippen molar-refractivity contribution in [2.45, 2.75) is 11.5 Å². The van der Waals surface area contributed by atoms with E-state index in [1.165, 1.54) is 72.6 Å². The maximum Gasteiger partial charge on any atom is 0.410 e. The number of piperazine rings is 1. The number of hydrogen-bond donors (Lipinski definition) is 0. The monoisotopic (exact) mass is 725 g/mol. The van der Waals surface area contributed by atoms with Crippen LogP contribution in [0.5, 0.6) is 11.5 Å². The van der Waals surface area contributed by atoms with Crippen LogP contribution >= 0.6 is 23.2 Å². The van der Waals surface area contributed by atoms with Crippen LogP contribution in [0.1, 0.15) is 21.5 Å². The number of halogens is 2. The van der Waals surface area contributed by atoms with E-state index in [2.05, 4.69) is 0 Å². The SMILES string of the molecule is COc1ccc(S(=O)(=O)N(CC(=O)N2CCN(C(=O)OCc3ccccc3)CC2)c2ccc(Cl)cc2C(=O)c2ccccc2Cl)cc1OC. The van der Waals surface area contributed by atoms with Gasteiger partial charge in [0.1, 0.15) is 13.2 Å². The predicted molar refractivity (Wildman–Crippen MR) is 185 cm³/mol. The number of ketones is 1. The van der Waals surface area contributed by atoms with Gasteiger partial charge < -0.3 is 24.0 Å². The van der Waals surface area contributed by atoms with Crippen molar-refractivity contribution in [2.75, 3.05) is 51.2 Å². The molecule has 1 heterocycles. The van der Waals surface area contributed by atoms with E-state index in [1.807, 2.05) is 30.3 Å². The predicted octanol–water partition coefficient (Wildman–Crippen LogP) is 5.92. The Hall–Kier alpha value is -4.78. The van der Waals surface area contributed by atoms with E-state index in [0.29, 0.717) is 5.75 Å². The number of ether oxygens (including phenoxy) is 3. The fraction of sp³-hybridized carbons (Fsp3) is 0.229. The lowest BCUT2D eigenvalue weighted by atomic mass is 10.0. The second-order valence-electron chi connectivity index (χ2n) is 10.9. The quantitative estimate of drug-likeness (QED) is 0.175. The summed E-state index contributed by atoms with van der Waals surface area (Å²) in [6, 6.07) is 23.8. The lowest BCUT2D eigenvalue weighted by molar-refractivity contribution is -0.131. The van der Waals surface area contributed by atoms with Gasteiger partial charge in [-0.3, -0.25) is 13.9 Å². The zero-order valence-corrected chi connectivity index (χ0v) is 29.0. The fourth-order valence-corrected chi connectivity index (χ4v) is 7.12. The number of anilines is 1. The molecular formula is C35H33Cl2N3O8S. The minimum absolute atomic E-state index is 0.0802. The lowest BCUT2D eigenvalue weighted by Crippen LogP contribution is -2.53. The minimum Gasteiger partial charge on any atom is -0.493 e. The van der Waals surface area contributed by atoms with Crippen LogP contribution in [0, 0.1) is 0 Å². The van der Waals surface area contributed by atoms with Crippen LogP contribution in [0.4, 0.5) is 10.5 Å². The molecular weight excluding hydrogens is 693 g/mol. The van der Waals surface area contributed by atoms with Crippen LogP contribution in [-0.4, -0.2) is 82.9 Å². The number of nitrogens with zero attached hydrogens (tertiary/aromatic N) is 3. The van der Waals surface area contributed by atoms with Gasteiger partial charge in [0, 0.05) is 48.4 Å². The zero-order valence-electron chi connectivity index (χ0n) is 26.7. The third-order valence-electron chi connectivity index (χ3n) is 7.91. The summed E-state index contributed by atoms with van der Waals surface area (Å²) in [5.74, 6) is -0.697. The summed E-state index contributed by atoms with van der Waals surface area (Å²) in [6.45, 7) is 0.0702. The summed E-state index contributed by atoms with van der Waals surface area (Å²) in [5.41, 5.74) is 0.803. The van der Waals surface area contributed by atoms with E-state index in [4.69, 9.17) is 37.4 Å². The fourth-order valence-electron chi connectivity index (χ4n) is 5.27. The zero-order chi connectivity index (χ0) is 35.1. The summed E-state index contributed by atoms with van der Waals surface area (Å²) in [4.78, 5) is 43.2. The van der Waals surface area contributed by atoms with Gasteiger partial charge in [0.25, 0.3) is 10.0 Å². The average molecular weight is 727 g/mol. The molecule has 2 amide bonds. The highest BCUT2D eigenvalue weighted by atomic mass is 35.5. The molecule has 0 spiro atoms. The highest BCUT2D eigenvalue weighted by Crippen LogP contribution is 2.35. The maximum absolute atomic E-state index is 14.4. The van der Waals surface area contributed by atoms with Gasteiger partial charge in [-0.1, -0.05) is 65.7 Å². The Labute approximate surface area is 294 Å². The molecule has 1 aliphatic heterocycles. The van der Waals surface area contributed by atoms with Crippen molar-refractivity contribution in [3.05, 3.63) is 118 Å². The number of benzene rings is 4. The number of carbonyl (C=O) groups is 3. The smallest absolute Gasteiger partial charge is 0.410 e. The second kappa shape index (κ2) is 15.6. The first-order valence-electron chi connectivity index (χ1n) is 15.1. The van der Waals surface area contributed by atoms with Crippen LogP contribution in [0.3, 0.4) is 0 Å². The van der Waals surface area contributed by atoms with Gasteiger partial charge in [-0.05, 0) is 48.0 Å². The topological polar surface area (TPSA) is 123 Å². The summed E-state index contributed by atoms with van der Waals surface area (Å²) in [7, 11) is -1.74. The van der Waals surface area contributed by atoms with E-state index >= 15 is 0 Å². The van der Waals surface area contributed by atoms with Gasteiger partial charge in [-0.15, -0.1) is 0 Å². The molecule has 0 unspecified atom stereocenters. The minimum atomic E-state index is -4.53. The molecule has 0 aliphatic carbocycles. The molecule has 0 bridgehead atoms. The van der Waals surface area contributed by atoms with Crippen LogP contribution in [0.25, 0.3) is 0 Å². The highest BCUT2D eigenvalue weighted by Gasteiger charge is 2.34. The maximum atomic E-state index is 14.4. The number of methoxy groups -OCH3 is 2. The second-order valence-corrected chi connectivity index (χ2v) is 13.6. The van der Waals surface area contributed by atoms with E-state index in [1.54, 1.807) is 12.1 Å². The van der Waals surface area contributed by atoms with E-state index in [-0.39, 0.29) is 70.3 Å². The Morgan fingerprint density at radius 1 is 0.755 bits per heavy atom. The van der Waals surface area contributed by atoms with Crippen LogP contribution < -0.4 is 13.8 Å². The summed E-state index contributed by atoms with van der Waals surface area (Å²) >= 11 is 12.7. The van der Waals surface area contributed by atoms with Gasteiger partial charge in [0.15, 0.2) is 17.3 Å². The van der Waals surface area contributed by atoms with Crippen LogP contribution in [0.2, 0.25) is 10.0 Å². The van der Waals surface area contributed by atoms with Crippen LogP contribution in [0.15, 0.2) is 95.9 Å².